The number of methoxy groups -OCH3 is 1. The van der Waals surface area contributed by atoms with E-state index in [1.807, 2.05) is 0 Å². The van der Waals surface area contributed by atoms with Gasteiger partial charge in [0.25, 0.3) is 0 Å². The van der Waals surface area contributed by atoms with Crippen LogP contribution in [0.5, 0.6) is 5.75 Å². The molecule has 0 atom stereocenters. The van der Waals surface area contributed by atoms with Crippen LogP contribution in [0.25, 0.3) is 5.69 Å². The number of carbonyl (C=O) groups is 2. The van der Waals surface area contributed by atoms with E-state index in [-0.39, 0.29) is 18.5 Å². The predicted molar refractivity (Wildman–Crippen MR) is 84.0 cm³/mol. The lowest BCUT2D eigenvalue weighted by Crippen LogP contribution is -2.38. The van der Waals surface area contributed by atoms with Crippen LogP contribution in [-0.4, -0.2) is 63.8 Å². The molecule has 0 unspecified atom stereocenters. The van der Waals surface area contributed by atoms with E-state index < -0.39 is 0 Å². The number of aromatic nitrogens is 4. The highest BCUT2D eigenvalue weighted by Crippen LogP contribution is 2.26. The lowest BCUT2D eigenvalue weighted by molar-refractivity contribution is -0.125. The Kier molecular flexibility index (Phi) is 4.27. The molecule has 0 saturated carbocycles. The molecule has 3 amide bonds. The zero-order chi connectivity index (χ0) is 17.1. The number of rotatable bonds is 5. The van der Waals surface area contributed by atoms with Gasteiger partial charge >= 0.3 is 6.03 Å². The van der Waals surface area contributed by atoms with Crippen molar-refractivity contribution in [1.82, 2.24) is 30.4 Å². The molecule has 2 N–H and O–H groups in total. The van der Waals surface area contributed by atoms with Gasteiger partial charge in [-0.05, 0) is 35.5 Å². The highest BCUT2D eigenvalue weighted by Gasteiger charge is 2.25. The standard InChI is InChI=1S/C14H17N7O3/c1-9-17-18-19-21(9)11-7-10(3-4-12(11)24-2)16-8-13(22)20-6-5-15-14(20)23/h3-4,7,16H,5-6,8H2,1-2H3,(H,15,23). The number of urea groups is 1. The number of ether oxygens (including phenoxy) is 1. The lowest BCUT2D eigenvalue weighted by Gasteiger charge is -2.15. The summed E-state index contributed by atoms with van der Waals surface area (Å²) in [6.45, 7) is 2.65. The van der Waals surface area contributed by atoms with Crippen molar-refractivity contribution in [1.29, 1.82) is 0 Å². The number of nitrogens with one attached hydrogen (secondary N) is 2. The molecule has 126 valence electrons. The second kappa shape index (κ2) is 6.52. The van der Waals surface area contributed by atoms with Crippen LogP contribution in [0.1, 0.15) is 5.82 Å². The van der Waals surface area contributed by atoms with E-state index >= 15 is 0 Å². The Labute approximate surface area is 137 Å². The third-order valence-corrected chi connectivity index (χ3v) is 3.63. The Hall–Kier alpha value is -3.17. The molecule has 1 aliphatic rings. The molecule has 10 nitrogen and oxygen atoms in total. The maximum atomic E-state index is 12.1. The minimum atomic E-state index is -0.360. The molecular formula is C14H17N7O3. The van der Waals surface area contributed by atoms with Crippen LogP contribution >= 0.6 is 0 Å². The summed E-state index contributed by atoms with van der Waals surface area (Å²) in [5.41, 5.74) is 1.34. The molecule has 1 aliphatic heterocycles. The predicted octanol–water partition coefficient (Wildman–Crippen LogP) is -0.0570. The van der Waals surface area contributed by atoms with Crippen molar-refractivity contribution in [2.24, 2.45) is 0 Å². The fourth-order valence-electron chi connectivity index (χ4n) is 2.40. The van der Waals surface area contributed by atoms with Crippen LogP contribution < -0.4 is 15.4 Å². The molecular weight excluding hydrogens is 314 g/mol. The van der Waals surface area contributed by atoms with Crippen molar-refractivity contribution >= 4 is 17.6 Å². The van der Waals surface area contributed by atoms with Crippen LogP contribution in [0.2, 0.25) is 0 Å². The normalized spacial score (nSPS) is 13.8. The smallest absolute Gasteiger partial charge is 0.324 e. The molecule has 0 spiro atoms. The van der Waals surface area contributed by atoms with E-state index in [0.29, 0.717) is 36.0 Å². The number of benzene rings is 1. The Balaban J connectivity index is 1.76. The first-order valence-corrected chi connectivity index (χ1v) is 7.35. The molecule has 1 saturated heterocycles. The Morgan fingerprint density at radius 3 is 2.92 bits per heavy atom. The lowest BCUT2D eigenvalue weighted by atomic mass is 10.2. The molecule has 3 rings (SSSR count). The van der Waals surface area contributed by atoms with Crippen molar-refractivity contribution in [3.8, 4) is 11.4 Å². The monoisotopic (exact) mass is 331 g/mol. The zero-order valence-corrected chi connectivity index (χ0v) is 13.3. The Morgan fingerprint density at radius 2 is 2.29 bits per heavy atom. The number of amides is 3. The van der Waals surface area contributed by atoms with Crippen LogP contribution in [0.3, 0.4) is 0 Å². The van der Waals surface area contributed by atoms with Crippen LogP contribution in [0.4, 0.5) is 10.5 Å². The number of nitrogens with zero attached hydrogens (tertiary/aromatic N) is 5. The van der Waals surface area contributed by atoms with Crippen LogP contribution in [0, 0.1) is 6.92 Å². The van der Waals surface area contributed by atoms with Gasteiger partial charge in [-0.25, -0.2) is 4.79 Å². The number of imide groups is 1. The first-order valence-electron chi connectivity index (χ1n) is 7.35. The third-order valence-electron chi connectivity index (χ3n) is 3.63. The summed E-state index contributed by atoms with van der Waals surface area (Å²) in [4.78, 5) is 24.7. The van der Waals surface area contributed by atoms with Gasteiger partial charge in [0.05, 0.1) is 13.7 Å². The van der Waals surface area contributed by atoms with Crippen molar-refractivity contribution in [2.45, 2.75) is 6.92 Å². The van der Waals surface area contributed by atoms with Gasteiger partial charge < -0.3 is 15.4 Å². The molecule has 24 heavy (non-hydrogen) atoms. The van der Waals surface area contributed by atoms with Gasteiger partial charge in [-0.2, -0.15) is 4.68 Å². The molecule has 1 aromatic carbocycles. The SMILES string of the molecule is COc1ccc(NCC(=O)N2CCNC2=O)cc1-n1nnnc1C. The maximum absolute atomic E-state index is 12.1. The van der Waals surface area contributed by atoms with E-state index in [0.717, 1.165) is 0 Å². The van der Waals surface area contributed by atoms with E-state index in [1.165, 1.54) is 4.90 Å². The summed E-state index contributed by atoms with van der Waals surface area (Å²) >= 11 is 0. The van der Waals surface area contributed by atoms with Crippen molar-refractivity contribution < 1.29 is 14.3 Å². The van der Waals surface area contributed by atoms with Crippen LogP contribution in [0.15, 0.2) is 18.2 Å². The van der Waals surface area contributed by atoms with E-state index in [2.05, 4.69) is 26.2 Å². The van der Waals surface area contributed by atoms with Crippen LogP contribution in [-0.2, 0) is 4.79 Å². The summed E-state index contributed by atoms with van der Waals surface area (Å²) in [7, 11) is 1.56. The first kappa shape index (κ1) is 15.7. The molecule has 0 radical (unpaired) electrons. The minimum Gasteiger partial charge on any atom is -0.494 e. The van der Waals surface area contributed by atoms with Gasteiger partial charge in [0.15, 0.2) is 5.82 Å². The number of anilines is 1. The number of carbonyl (C=O) groups excluding carboxylic acids is 2. The average Bonchev–Trinajstić information content (AvgIpc) is 3.20. The Bertz CT molecular complexity index is 773. The number of hydrogen-bond donors (Lipinski definition) is 2. The summed E-state index contributed by atoms with van der Waals surface area (Å²) in [5, 5.41) is 17.0. The van der Waals surface area contributed by atoms with Crippen molar-refractivity contribution in [3.63, 3.8) is 0 Å². The third kappa shape index (κ3) is 2.98. The highest BCUT2D eigenvalue weighted by molar-refractivity contribution is 5.97. The quantitative estimate of drug-likeness (QED) is 0.789. The van der Waals surface area contributed by atoms with Gasteiger partial charge in [-0.3, -0.25) is 9.69 Å². The van der Waals surface area contributed by atoms with Gasteiger partial charge in [0, 0.05) is 18.8 Å². The number of tetrazole rings is 1. The van der Waals surface area contributed by atoms with Crippen molar-refractivity contribution in [2.75, 3.05) is 32.1 Å². The minimum absolute atomic E-state index is 0.00772. The van der Waals surface area contributed by atoms with E-state index in [9.17, 15) is 9.59 Å². The maximum Gasteiger partial charge on any atom is 0.324 e. The fourth-order valence-corrected chi connectivity index (χ4v) is 2.40. The zero-order valence-electron chi connectivity index (χ0n) is 13.3. The van der Waals surface area contributed by atoms with Gasteiger partial charge in [0.1, 0.15) is 11.4 Å². The second-order valence-electron chi connectivity index (χ2n) is 5.16. The van der Waals surface area contributed by atoms with Crippen molar-refractivity contribution in [3.05, 3.63) is 24.0 Å². The molecule has 1 fully saturated rings. The number of aryl methyl sites for hydroxylation is 1. The molecule has 1 aromatic heterocycles. The van der Waals surface area contributed by atoms with Gasteiger partial charge in [-0.15, -0.1) is 5.10 Å². The number of hydrogen-bond acceptors (Lipinski definition) is 7. The molecule has 0 bridgehead atoms. The topological polar surface area (TPSA) is 114 Å². The molecule has 2 aromatic rings. The highest BCUT2D eigenvalue weighted by atomic mass is 16.5. The molecule has 0 aliphatic carbocycles. The summed E-state index contributed by atoms with van der Waals surface area (Å²) in [6, 6.07) is 4.95. The molecule has 2 heterocycles. The van der Waals surface area contributed by atoms with E-state index in [4.69, 9.17) is 4.74 Å². The largest absolute Gasteiger partial charge is 0.494 e. The summed E-state index contributed by atoms with van der Waals surface area (Å²) in [5.74, 6) is 0.914. The van der Waals surface area contributed by atoms with Gasteiger partial charge in [0.2, 0.25) is 5.91 Å². The molecule has 10 heteroatoms. The average molecular weight is 331 g/mol. The van der Waals surface area contributed by atoms with Gasteiger partial charge in [-0.1, -0.05) is 0 Å². The second-order valence-corrected chi connectivity index (χ2v) is 5.16. The summed E-state index contributed by atoms with van der Waals surface area (Å²) in [6.07, 6.45) is 0. The fraction of sp³-hybridized carbons (Fsp3) is 0.357. The first-order chi connectivity index (χ1) is 11.6. The van der Waals surface area contributed by atoms with E-state index in [1.54, 1.807) is 36.9 Å². The summed E-state index contributed by atoms with van der Waals surface area (Å²) < 4.78 is 6.87. The Morgan fingerprint density at radius 1 is 1.46 bits per heavy atom.